The average Bonchev–Trinajstić information content (AvgIpc) is 2.71. The van der Waals surface area contributed by atoms with Gasteiger partial charge in [0.2, 0.25) is 10.0 Å². The third-order valence-electron chi connectivity index (χ3n) is 5.23. The Morgan fingerprint density at radius 3 is 1.82 bits per heavy atom. The lowest BCUT2D eigenvalue weighted by molar-refractivity contribution is -0.376. The molecule has 8 nitrogen and oxygen atoms in total. The molecule has 0 atom stereocenters. The van der Waals surface area contributed by atoms with Gasteiger partial charge in [0.15, 0.2) is 0 Å². The zero-order chi connectivity index (χ0) is 24.8. The Labute approximate surface area is 184 Å². The van der Waals surface area contributed by atoms with Crippen LogP contribution in [0, 0.1) is 0 Å². The lowest BCUT2D eigenvalue weighted by Gasteiger charge is -2.36. The molecule has 33 heavy (non-hydrogen) atoms. The summed E-state index contributed by atoms with van der Waals surface area (Å²) >= 11 is 0. The van der Waals surface area contributed by atoms with E-state index in [9.17, 15) is 39.9 Å². The summed E-state index contributed by atoms with van der Waals surface area (Å²) in [5, 5.41) is 9.47. The molecule has 0 radical (unpaired) electrons. The first-order chi connectivity index (χ1) is 15.1. The second-order valence-corrected chi connectivity index (χ2v) is 9.17. The number of benzene rings is 1. The number of halogens is 6. The molecule has 5 N–H and O–H groups in total. The fourth-order valence-electron chi connectivity index (χ4n) is 3.42. The number of hydrogen-bond acceptors (Lipinski definition) is 7. The van der Waals surface area contributed by atoms with Crippen molar-refractivity contribution < 1.29 is 39.9 Å². The molecule has 0 unspecified atom stereocenters. The van der Waals surface area contributed by atoms with Gasteiger partial charge in [0.25, 0.3) is 5.60 Å². The fraction of sp³-hybridized carbons (Fsp3) is 0.389. The molecule has 0 bridgehead atoms. The van der Waals surface area contributed by atoms with Crippen molar-refractivity contribution in [2.75, 3.05) is 42.5 Å². The second-order valence-electron chi connectivity index (χ2n) is 7.26. The number of aliphatic hydroxyl groups is 1. The predicted molar refractivity (Wildman–Crippen MR) is 106 cm³/mol. The van der Waals surface area contributed by atoms with E-state index < -0.39 is 33.5 Å². The highest BCUT2D eigenvalue weighted by Crippen LogP contribution is 2.50. The predicted octanol–water partition coefficient (Wildman–Crippen LogP) is 2.07. The van der Waals surface area contributed by atoms with Crippen molar-refractivity contribution in [3.8, 4) is 0 Å². The smallest absolute Gasteiger partial charge is 0.384 e. The van der Waals surface area contributed by atoms with Crippen LogP contribution in [0.4, 0.5) is 43.7 Å². The molecule has 0 saturated carbocycles. The van der Waals surface area contributed by atoms with Gasteiger partial charge in [-0.1, -0.05) is 12.1 Å². The number of anilines is 3. The van der Waals surface area contributed by atoms with Gasteiger partial charge in [0.1, 0.15) is 16.5 Å². The molecule has 0 spiro atoms. The first kappa shape index (κ1) is 24.9. The maximum atomic E-state index is 13.0. The minimum Gasteiger partial charge on any atom is -0.384 e. The maximum absolute atomic E-state index is 13.0. The standard InChI is InChI=1S/C18H19F6N5O3S/c19-17(20,21)16(30,18(22,23)24)11-1-3-12(4-2-11)28-7-9-29(10-8-28)33(31,32)13-5-6-14(25)27-15(13)26/h1-6,30H,7-10H2,(H4,25,26,27). The lowest BCUT2D eigenvalue weighted by atomic mass is 9.92. The molecular weight excluding hydrogens is 480 g/mol. The summed E-state index contributed by atoms with van der Waals surface area (Å²) in [5.41, 5.74) is 4.99. The molecule has 1 fully saturated rings. The molecule has 1 aromatic carbocycles. The van der Waals surface area contributed by atoms with Crippen molar-refractivity contribution in [2.45, 2.75) is 22.8 Å². The van der Waals surface area contributed by atoms with Gasteiger partial charge >= 0.3 is 12.4 Å². The monoisotopic (exact) mass is 499 g/mol. The van der Waals surface area contributed by atoms with Crippen molar-refractivity contribution in [1.29, 1.82) is 0 Å². The minimum atomic E-state index is -5.98. The zero-order valence-electron chi connectivity index (χ0n) is 16.7. The van der Waals surface area contributed by atoms with E-state index in [-0.39, 0.29) is 48.4 Å². The number of nitrogens with zero attached hydrogens (tertiary/aromatic N) is 3. The Morgan fingerprint density at radius 2 is 1.36 bits per heavy atom. The Kier molecular flexibility index (Phi) is 6.19. The zero-order valence-corrected chi connectivity index (χ0v) is 17.5. The van der Waals surface area contributed by atoms with Crippen LogP contribution < -0.4 is 16.4 Å². The Morgan fingerprint density at radius 1 is 0.848 bits per heavy atom. The van der Waals surface area contributed by atoms with Crippen LogP contribution in [-0.2, 0) is 15.6 Å². The first-order valence-corrected chi connectivity index (χ1v) is 10.8. The van der Waals surface area contributed by atoms with Crippen LogP contribution >= 0.6 is 0 Å². The molecular formula is C18H19F6N5O3S. The van der Waals surface area contributed by atoms with Crippen molar-refractivity contribution >= 4 is 27.3 Å². The quantitative estimate of drug-likeness (QED) is 0.550. The number of rotatable bonds is 4. The number of alkyl halides is 6. The summed E-state index contributed by atoms with van der Waals surface area (Å²) in [6, 6.07) is 5.60. The summed E-state index contributed by atoms with van der Waals surface area (Å²) in [6.07, 6.45) is -12.0. The molecule has 0 amide bonds. The molecule has 1 aliphatic heterocycles. The Hall–Kier alpha value is -2.78. The topological polar surface area (TPSA) is 126 Å². The third kappa shape index (κ3) is 4.39. The van der Waals surface area contributed by atoms with Gasteiger partial charge < -0.3 is 21.5 Å². The second kappa shape index (κ2) is 8.22. The van der Waals surface area contributed by atoms with E-state index >= 15 is 0 Å². The van der Waals surface area contributed by atoms with Gasteiger partial charge in [-0.2, -0.15) is 30.6 Å². The van der Waals surface area contributed by atoms with Crippen LogP contribution in [0.3, 0.4) is 0 Å². The third-order valence-corrected chi connectivity index (χ3v) is 7.18. The van der Waals surface area contributed by atoms with E-state index in [4.69, 9.17) is 11.5 Å². The van der Waals surface area contributed by atoms with E-state index in [1.807, 2.05) is 0 Å². The highest BCUT2D eigenvalue weighted by atomic mass is 32.2. The van der Waals surface area contributed by atoms with Crippen LogP contribution in [0.5, 0.6) is 0 Å². The normalized spacial score (nSPS) is 16.8. The molecule has 0 aliphatic carbocycles. The highest BCUT2D eigenvalue weighted by Gasteiger charge is 2.71. The van der Waals surface area contributed by atoms with E-state index in [0.29, 0.717) is 12.1 Å². The number of sulfonamides is 1. The highest BCUT2D eigenvalue weighted by molar-refractivity contribution is 7.89. The van der Waals surface area contributed by atoms with E-state index in [1.165, 1.54) is 12.1 Å². The van der Waals surface area contributed by atoms with Crippen molar-refractivity contribution in [1.82, 2.24) is 9.29 Å². The number of nitrogens with two attached hydrogens (primary N) is 2. The summed E-state index contributed by atoms with van der Waals surface area (Å²) < 4.78 is 105. The molecule has 1 aromatic heterocycles. The van der Waals surface area contributed by atoms with Crippen molar-refractivity contribution in [2.24, 2.45) is 0 Å². The number of piperazine rings is 1. The largest absolute Gasteiger partial charge is 0.430 e. The van der Waals surface area contributed by atoms with Crippen LogP contribution in [0.1, 0.15) is 5.56 Å². The van der Waals surface area contributed by atoms with Crippen LogP contribution in [0.25, 0.3) is 0 Å². The summed E-state index contributed by atoms with van der Waals surface area (Å²) in [5.74, 6) is -0.225. The molecule has 15 heteroatoms. The Bertz CT molecular complexity index is 1100. The molecule has 1 aliphatic rings. The van der Waals surface area contributed by atoms with Crippen LogP contribution in [0.2, 0.25) is 0 Å². The van der Waals surface area contributed by atoms with Gasteiger partial charge in [-0.05, 0) is 24.3 Å². The first-order valence-electron chi connectivity index (χ1n) is 9.32. The summed E-state index contributed by atoms with van der Waals surface area (Å²) in [4.78, 5) is 5.07. The summed E-state index contributed by atoms with van der Waals surface area (Å²) in [6.45, 7) is 0.152. The van der Waals surface area contributed by atoms with E-state index in [1.54, 1.807) is 4.90 Å². The van der Waals surface area contributed by atoms with Gasteiger partial charge in [0, 0.05) is 37.4 Å². The minimum absolute atomic E-state index is 0.0249. The Balaban J connectivity index is 1.77. The van der Waals surface area contributed by atoms with Crippen molar-refractivity contribution in [3.63, 3.8) is 0 Å². The van der Waals surface area contributed by atoms with Gasteiger partial charge in [-0.25, -0.2) is 13.4 Å². The number of aromatic nitrogens is 1. The summed E-state index contributed by atoms with van der Waals surface area (Å²) in [7, 11) is -3.99. The molecule has 182 valence electrons. The van der Waals surface area contributed by atoms with Gasteiger partial charge in [0.05, 0.1) is 0 Å². The van der Waals surface area contributed by atoms with Crippen LogP contribution in [0.15, 0.2) is 41.3 Å². The number of pyridine rings is 1. The molecule has 3 rings (SSSR count). The van der Waals surface area contributed by atoms with Gasteiger partial charge in [-0.3, -0.25) is 0 Å². The molecule has 1 saturated heterocycles. The fourth-order valence-corrected chi connectivity index (χ4v) is 4.90. The van der Waals surface area contributed by atoms with Crippen LogP contribution in [-0.4, -0.2) is 61.3 Å². The number of hydrogen-bond donors (Lipinski definition) is 3. The molecule has 2 heterocycles. The molecule has 2 aromatic rings. The SMILES string of the molecule is Nc1ccc(S(=O)(=O)N2CCN(c3ccc(C(O)(C(F)(F)F)C(F)(F)F)cc3)CC2)c(N)n1. The van der Waals surface area contributed by atoms with Gasteiger partial charge in [-0.15, -0.1) is 0 Å². The van der Waals surface area contributed by atoms with E-state index in [0.717, 1.165) is 16.4 Å². The van der Waals surface area contributed by atoms with E-state index in [2.05, 4.69) is 4.98 Å². The average molecular weight is 499 g/mol. The maximum Gasteiger partial charge on any atom is 0.430 e. The lowest BCUT2D eigenvalue weighted by Crippen LogP contribution is -2.54. The number of nitrogen functional groups attached to an aromatic ring is 2. The van der Waals surface area contributed by atoms with Crippen molar-refractivity contribution in [3.05, 3.63) is 42.0 Å².